The number of hydrogen-bond acceptors (Lipinski definition) is 8. The van der Waals surface area contributed by atoms with Crippen LogP contribution in [0.15, 0.2) is 43.1 Å². The number of halogens is 2. The van der Waals surface area contributed by atoms with Gasteiger partial charge < -0.3 is 10.1 Å². The summed E-state index contributed by atoms with van der Waals surface area (Å²) in [6, 6.07) is 6.70. The van der Waals surface area contributed by atoms with Crippen molar-refractivity contribution in [1.82, 2.24) is 39.3 Å². The van der Waals surface area contributed by atoms with Gasteiger partial charge in [-0.25, -0.2) is 14.3 Å². The maximum atomic E-state index is 12.4. The van der Waals surface area contributed by atoms with Gasteiger partial charge in [0.2, 0.25) is 12.3 Å². The zero-order chi connectivity index (χ0) is 22.0. The third-order valence-electron chi connectivity index (χ3n) is 3.94. The molecule has 0 saturated heterocycles. The van der Waals surface area contributed by atoms with Crippen molar-refractivity contribution in [3.8, 4) is 0 Å². The fraction of sp³-hybridized carbons (Fsp3) is 0.125. The SMILES string of the molecule is O=C(Nc1ncn(Cc2ccc(Cl)c(Cl)c2)n1)c1ccn(Cn2cnc([N+](=O)[O-])n2)n1. The van der Waals surface area contributed by atoms with Gasteiger partial charge in [-0.05, 0) is 28.7 Å². The Morgan fingerprint density at radius 2 is 1.84 bits per heavy atom. The van der Waals surface area contributed by atoms with E-state index in [0.29, 0.717) is 16.6 Å². The van der Waals surface area contributed by atoms with Gasteiger partial charge in [-0.2, -0.15) is 9.78 Å². The number of nitrogens with zero attached hydrogens (tertiary/aromatic N) is 9. The highest BCUT2D eigenvalue weighted by Gasteiger charge is 2.16. The van der Waals surface area contributed by atoms with E-state index in [0.717, 1.165) is 5.56 Å². The molecule has 4 aromatic rings. The Bertz CT molecular complexity index is 1260. The molecule has 3 heterocycles. The summed E-state index contributed by atoms with van der Waals surface area (Å²) in [6.07, 6.45) is 4.19. The second-order valence-corrected chi connectivity index (χ2v) is 7.01. The zero-order valence-corrected chi connectivity index (χ0v) is 17.0. The maximum Gasteiger partial charge on any atom is 0.491 e. The second-order valence-electron chi connectivity index (χ2n) is 6.19. The molecule has 13 nitrogen and oxygen atoms in total. The van der Waals surface area contributed by atoms with Gasteiger partial charge in [-0.15, -0.1) is 5.10 Å². The Morgan fingerprint density at radius 3 is 2.58 bits per heavy atom. The molecule has 0 aliphatic heterocycles. The van der Waals surface area contributed by atoms with E-state index in [2.05, 4.69) is 30.6 Å². The molecule has 1 N–H and O–H groups in total. The average Bonchev–Trinajstić information content (AvgIpc) is 3.47. The van der Waals surface area contributed by atoms with Gasteiger partial charge in [0.1, 0.15) is 6.33 Å². The minimum Gasteiger partial charge on any atom is -0.390 e. The first-order valence-corrected chi connectivity index (χ1v) is 9.35. The van der Waals surface area contributed by atoms with Crippen molar-refractivity contribution in [2.45, 2.75) is 13.2 Å². The fourth-order valence-electron chi connectivity index (χ4n) is 2.57. The topological polar surface area (TPSA) is 151 Å². The molecule has 0 spiro atoms. The van der Waals surface area contributed by atoms with Crippen molar-refractivity contribution in [2.75, 3.05) is 5.32 Å². The van der Waals surface area contributed by atoms with Crippen molar-refractivity contribution >= 4 is 41.0 Å². The van der Waals surface area contributed by atoms with E-state index in [1.54, 1.807) is 12.1 Å². The third kappa shape index (κ3) is 4.84. The highest BCUT2D eigenvalue weighted by Crippen LogP contribution is 2.22. The van der Waals surface area contributed by atoms with E-state index in [1.807, 2.05) is 6.07 Å². The van der Waals surface area contributed by atoms with Gasteiger partial charge in [0.15, 0.2) is 12.4 Å². The maximum absolute atomic E-state index is 12.4. The average molecular weight is 463 g/mol. The van der Waals surface area contributed by atoms with E-state index in [9.17, 15) is 14.9 Å². The first-order valence-electron chi connectivity index (χ1n) is 8.59. The monoisotopic (exact) mass is 462 g/mol. The predicted octanol–water partition coefficient (Wildman–Crippen LogP) is 2.09. The number of carbonyl (C=O) groups excluding carboxylic acids is 1. The summed E-state index contributed by atoms with van der Waals surface area (Å²) in [6.45, 7) is 0.434. The summed E-state index contributed by atoms with van der Waals surface area (Å²) < 4.78 is 4.13. The lowest BCUT2D eigenvalue weighted by molar-refractivity contribution is -0.394. The van der Waals surface area contributed by atoms with Crippen LogP contribution in [0.5, 0.6) is 0 Å². The Kier molecular flexibility index (Phi) is 5.60. The number of anilines is 1. The molecule has 0 radical (unpaired) electrons. The van der Waals surface area contributed by atoms with Crippen LogP contribution >= 0.6 is 23.2 Å². The summed E-state index contributed by atoms with van der Waals surface area (Å²) in [5.41, 5.74) is 0.972. The normalized spacial score (nSPS) is 10.9. The number of carbonyl (C=O) groups is 1. The van der Waals surface area contributed by atoms with Gasteiger partial charge in [-0.3, -0.25) is 10.1 Å². The van der Waals surface area contributed by atoms with Crippen LogP contribution in [0.25, 0.3) is 0 Å². The number of aromatic nitrogens is 8. The lowest BCUT2D eigenvalue weighted by Crippen LogP contribution is -2.16. The van der Waals surface area contributed by atoms with Crippen molar-refractivity contribution in [1.29, 1.82) is 0 Å². The molecule has 0 fully saturated rings. The van der Waals surface area contributed by atoms with Crippen molar-refractivity contribution in [3.05, 3.63) is 74.5 Å². The number of amides is 1. The predicted molar refractivity (Wildman–Crippen MR) is 108 cm³/mol. The largest absolute Gasteiger partial charge is 0.491 e. The molecule has 0 unspecified atom stereocenters. The molecule has 0 saturated carbocycles. The van der Waals surface area contributed by atoms with E-state index >= 15 is 0 Å². The van der Waals surface area contributed by atoms with Gasteiger partial charge in [0.05, 0.1) is 16.6 Å². The van der Waals surface area contributed by atoms with E-state index in [4.69, 9.17) is 23.2 Å². The summed E-state index contributed by atoms with van der Waals surface area (Å²) in [5, 5.41) is 26.1. The smallest absolute Gasteiger partial charge is 0.390 e. The Hall–Kier alpha value is -3.84. The standard InChI is InChI=1S/C16H12Cl2N10O3/c17-11-2-1-10(5-12(11)18)6-26-7-19-15(23-26)21-14(29)13-3-4-25(22-13)9-27-8-20-16(24-27)28(30)31/h1-5,7-8H,6,9H2,(H,21,23,29). The van der Waals surface area contributed by atoms with E-state index < -0.39 is 16.8 Å². The minimum absolute atomic E-state index is 0.0463. The van der Waals surface area contributed by atoms with Crippen LogP contribution in [-0.4, -0.2) is 50.1 Å². The molecule has 0 atom stereocenters. The number of hydrogen-bond donors (Lipinski definition) is 1. The molecule has 0 aliphatic rings. The van der Waals surface area contributed by atoms with Crippen LogP contribution in [0.2, 0.25) is 10.0 Å². The molecule has 3 aromatic heterocycles. The third-order valence-corrected chi connectivity index (χ3v) is 4.68. The number of nitrogens with one attached hydrogen (secondary N) is 1. The van der Waals surface area contributed by atoms with Gasteiger partial charge in [-0.1, -0.05) is 34.3 Å². The first-order chi connectivity index (χ1) is 14.9. The van der Waals surface area contributed by atoms with Gasteiger partial charge in [0, 0.05) is 11.3 Å². The summed E-state index contributed by atoms with van der Waals surface area (Å²) >= 11 is 11.9. The van der Waals surface area contributed by atoms with Crippen molar-refractivity contribution < 1.29 is 9.72 Å². The van der Waals surface area contributed by atoms with E-state index in [-0.39, 0.29) is 18.3 Å². The van der Waals surface area contributed by atoms with Crippen LogP contribution in [-0.2, 0) is 13.2 Å². The molecule has 4 rings (SSSR count). The molecule has 0 bridgehead atoms. The van der Waals surface area contributed by atoms with Gasteiger partial charge >= 0.3 is 5.95 Å². The highest BCUT2D eigenvalue weighted by atomic mass is 35.5. The minimum atomic E-state index is -0.702. The van der Waals surface area contributed by atoms with Crippen LogP contribution in [0.4, 0.5) is 11.9 Å². The quantitative estimate of drug-likeness (QED) is 0.323. The summed E-state index contributed by atoms with van der Waals surface area (Å²) in [5.74, 6) is -0.935. The van der Waals surface area contributed by atoms with Crippen molar-refractivity contribution in [2.24, 2.45) is 0 Å². The second kappa shape index (κ2) is 8.49. The van der Waals surface area contributed by atoms with Gasteiger partial charge in [0.25, 0.3) is 5.91 Å². The molecule has 0 aliphatic carbocycles. The summed E-state index contributed by atoms with van der Waals surface area (Å²) in [7, 11) is 0. The van der Waals surface area contributed by atoms with Crippen LogP contribution in [0.1, 0.15) is 16.1 Å². The summed E-state index contributed by atoms with van der Waals surface area (Å²) in [4.78, 5) is 29.9. The molecule has 15 heteroatoms. The molecule has 1 amide bonds. The molecule has 1 aromatic carbocycles. The number of rotatable bonds is 7. The lowest BCUT2D eigenvalue weighted by atomic mass is 10.2. The van der Waals surface area contributed by atoms with E-state index in [1.165, 1.54) is 39.0 Å². The highest BCUT2D eigenvalue weighted by molar-refractivity contribution is 6.42. The lowest BCUT2D eigenvalue weighted by Gasteiger charge is -2.03. The Balaban J connectivity index is 1.37. The van der Waals surface area contributed by atoms with Crippen LogP contribution < -0.4 is 5.32 Å². The Morgan fingerprint density at radius 1 is 1.03 bits per heavy atom. The Labute approximate surface area is 183 Å². The molecular weight excluding hydrogens is 451 g/mol. The van der Waals surface area contributed by atoms with Crippen LogP contribution in [0, 0.1) is 10.1 Å². The number of benzene rings is 1. The molecule has 31 heavy (non-hydrogen) atoms. The van der Waals surface area contributed by atoms with Crippen molar-refractivity contribution in [3.63, 3.8) is 0 Å². The fourth-order valence-corrected chi connectivity index (χ4v) is 2.89. The molecular formula is C16H12Cl2N10O3. The zero-order valence-electron chi connectivity index (χ0n) is 15.5. The molecule has 158 valence electrons. The first kappa shape index (κ1) is 20.4. The van der Waals surface area contributed by atoms with Crippen LogP contribution in [0.3, 0.4) is 0 Å². The number of nitro groups is 1.